The van der Waals surface area contributed by atoms with E-state index < -0.39 is 18.5 Å². The molecule has 1 N–H and O–H groups in total. The van der Waals surface area contributed by atoms with Crippen molar-refractivity contribution in [1.82, 2.24) is 5.16 Å². The SMILES string of the molecule is Cc1cc(NC(=O)COC(=O)c2ccccc2SCc2ccccc2F)no1. The molecule has 0 saturated heterocycles. The van der Waals surface area contributed by atoms with Gasteiger partial charge in [0.1, 0.15) is 11.6 Å². The number of rotatable bonds is 7. The Morgan fingerprint density at radius 2 is 1.93 bits per heavy atom. The molecule has 0 aliphatic heterocycles. The Morgan fingerprint density at radius 3 is 2.68 bits per heavy atom. The number of hydrogen-bond donors (Lipinski definition) is 1. The topological polar surface area (TPSA) is 81.4 Å². The highest BCUT2D eigenvalue weighted by Gasteiger charge is 2.16. The summed E-state index contributed by atoms with van der Waals surface area (Å²) < 4.78 is 23.7. The summed E-state index contributed by atoms with van der Waals surface area (Å²) in [6.07, 6.45) is 0. The Morgan fingerprint density at radius 1 is 1.18 bits per heavy atom. The van der Waals surface area contributed by atoms with Crippen LogP contribution < -0.4 is 5.32 Å². The smallest absolute Gasteiger partial charge is 0.339 e. The Bertz CT molecular complexity index is 990. The third-order valence-corrected chi connectivity index (χ3v) is 4.80. The van der Waals surface area contributed by atoms with Gasteiger partial charge in [0.2, 0.25) is 0 Å². The summed E-state index contributed by atoms with van der Waals surface area (Å²) in [5, 5.41) is 6.10. The third-order valence-electron chi connectivity index (χ3n) is 3.68. The first-order chi connectivity index (χ1) is 13.5. The molecular formula is C20H17FN2O4S. The Labute approximate surface area is 165 Å². The van der Waals surface area contributed by atoms with Gasteiger partial charge in [-0.15, -0.1) is 11.8 Å². The van der Waals surface area contributed by atoms with E-state index in [2.05, 4.69) is 10.5 Å². The number of carbonyl (C=O) groups is 2. The van der Waals surface area contributed by atoms with Gasteiger partial charge in [0, 0.05) is 16.7 Å². The number of hydrogen-bond acceptors (Lipinski definition) is 6. The predicted octanol–water partition coefficient (Wildman–Crippen LogP) is 4.21. The molecular weight excluding hydrogens is 383 g/mol. The lowest BCUT2D eigenvalue weighted by Gasteiger charge is -2.09. The van der Waals surface area contributed by atoms with Gasteiger partial charge >= 0.3 is 5.97 Å². The van der Waals surface area contributed by atoms with Crippen LogP contribution in [0, 0.1) is 12.7 Å². The second kappa shape index (κ2) is 9.18. The average molecular weight is 400 g/mol. The first-order valence-corrected chi connectivity index (χ1v) is 9.37. The predicted molar refractivity (Wildman–Crippen MR) is 103 cm³/mol. The number of amides is 1. The molecule has 0 atom stereocenters. The number of ether oxygens (including phenoxy) is 1. The molecule has 6 nitrogen and oxygen atoms in total. The van der Waals surface area contributed by atoms with E-state index in [-0.39, 0.29) is 11.6 Å². The van der Waals surface area contributed by atoms with E-state index in [1.54, 1.807) is 55.5 Å². The maximum Gasteiger partial charge on any atom is 0.339 e. The van der Waals surface area contributed by atoms with Crippen LogP contribution in [0.15, 0.2) is 64.0 Å². The highest BCUT2D eigenvalue weighted by molar-refractivity contribution is 7.98. The van der Waals surface area contributed by atoms with Crippen LogP contribution in [-0.2, 0) is 15.3 Å². The van der Waals surface area contributed by atoms with E-state index in [4.69, 9.17) is 9.26 Å². The molecule has 0 radical (unpaired) electrons. The fourth-order valence-corrected chi connectivity index (χ4v) is 3.37. The van der Waals surface area contributed by atoms with E-state index in [1.165, 1.54) is 17.8 Å². The highest BCUT2D eigenvalue weighted by atomic mass is 32.2. The summed E-state index contributed by atoms with van der Waals surface area (Å²) in [5.74, 6) is -0.299. The van der Waals surface area contributed by atoms with Gasteiger partial charge in [-0.3, -0.25) is 4.79 Å². The van der Waals surface area contributed by atoms with Crippen LogP contribution >= 0.6 is 11.8 Å². The van der Waals surface area contributed by atoms with Crippen LogP contribution in [0.3, 0.4) is 0 Å². The summed E-state index contributed by atoms with van der Waals surface area (Å²) >= 11 is 1.32. The summed E-state index contributed by atoms with van der Waals surface area (Å²) in [5.41, 5.74) is 0.854. The van der Waals surface area contributed by atoms with Crippen LogP contribution in [0.25, 0.3) is 0 Å². The Balaban J connectivity index is 1.59. The van der Waals surface area contributed by atoms with E-state index in [1.807, 2.05) is 0 Å². The largest absolute Gasteiger partial charge is 0.452 e. The molecule has 0 fully saturated rings. The standard InChI is InChI=1S/C20H17FN2O4S/c1-13-10-18(23-27-13)22-19(24)11-26-20(25)15-7-3-5-9-17(15)28-12-14-6-2-4-8-16(14)21/h2-10H,11-12H2,1H3,(H,22,23,24). The van der Waals surface area contributed by atoms with Crippen LogP contribution in [-0.4, -0.2) is 23.6 Å². The maximum absolute atomic E-state index is 13.8. The van der Waals surface area contributed by atoms with Crippen molar-refractivity contribution in [2.24, 2.45) is 0 Å². The lowest BCUT2D eigenvalue weighted by molar-refractivity contribution is -0.119. The Hall–Kier alpha value is -3.13. The van der Waals surface area contributed by atoms with Gasteiger partial charge < -0.3 is 14.6 Å². The van der Waals surface area contributed by atoms with Crippen molar-refractivity contribution in [1.29, 1.82) is 0 Å². The van der Waals surface area contributed by atoms with Crippen molar-refractivity contribution in [3.63, 3.8) is 0 Å². The molecule has 0 bridgehead atoms. The van der Waals surface area contributed by atoms with Crippen molar-refractivity contribution in [2.45, 2.75) is 17.6 Å². The lowest BCUT2D eigenvalue weighted by Crippen LogP contribution is -2.21. The fourth-order valence-electron chi connectivity index (χ4n) is 2.35. The number of aromatic nitrogens is 1. The van der Waals surface area contributed by atoms with Crippen LogP contribution in [0.2, 0.25) is 0 Å². The number of nitrogens with one attached hydrogen (secondary N) is 1. The van der Waals surface area contributed by atoms with Gasteiger partial charge in [-0.1, -0.05) is 35.5 Å². The number of aryl methyl sites for hydroxylation is 1. The second-order valence-corrected chi connectivity index (χ2v) is 6.84. The number of esters is 1. The second-order valence-electron chi connectivity index (χ2n) is 5.82. The van der Waals surface area contributed by atoms with Crippen LogP contribution in [0.1, 0.15) is 21.7 Å². The molecule has 1 amide bonds. The third kappa shape index (κ3) is 5.20. The molecule has 1 heterocycles. The molecule has 1 aromatic heterocycles. The zero-order valence-corrected chi connectivity index (χ0v) is 15.8. The minimum absolute atomic E-state index is 0.249. The zero-order valence-electron chi connectivity index (χ0n) is 15.0. The summed E-state index contributed by atoms with van der Waals surface area (Å²) in [6.45, 7) is 1.23. The number of anilines is 1. The van der Waals surface area contributed by atoms with Crippen molar-refractivity contribution in [3.8, 4) is 0 Å². The molecule has 0 unspecified atom stereocenters. The summed E-state index contributed by atoms with van der Waals surface area (Å²) in [4.78, 5) is 24.9. The number of benzene rings is 2. The first kappa shape index (κ1) is 19.6. The number of nitrogens with zero attached hydrogens (tertiary/aromatic N) is 1. The molecule has 3 rings (SSSR count). The van der Waals surface area contributed by atoms with E-state index in [0.29, 0.717) is 27.5 Å². The quantitative estimate of drug-likeness (QED) is 0.473. The molecule has 28 heavy (non-hydrogen) atoms. The molecule has 3 aromatic rings. The van der Waals surface area contributed by atoms with E-state index >= 15 is 0 Å². The molecule has 2 aromatic carbocycles. The molecule has 0 aliphatic rings. The lowest BCUT2D eigenvalue weighted by atomic mass is 10.2. The van der Waals surface area contributed by atoms with Gasteiger partial charge in [-0.25, -0.2) is 9.18 Å². The molecule has 144 valence electrons. The Kier molecular flexibility index (Phi) is 6.44. The van der Waals surface area contributed by atoms with E-state index in [0.717, 1.165) is 0 Å². The molecule has 8 heteroatoms. The van der Waals surface area contributed by atoms with E-state index in [9.17, 15) is 14.0 Å². The molecule has 0 saturated carbocycles. The normalized spacial score (nSPS) is 10.5. The van der Waals surface area contributed by atoms with Gasteiger partial charge in [0.25, 0.3) is 5.91 Å². The molecule has 0 aliphatic carbocycles. The highest BCUT2D eigenvalue weighted by Crippen LogP contribution is 2.27. The van der Waals surface area contributed by atoms with Gasteiger partial charge in [-0.05, 0) is 30.7 Å². The maximum atomic E-state index is 13.8. The molecule has 0 spiro atoms. The van der Waals surface area contributed by atoms with Crippen molar-refractivity contribution >= 4 is 29.5 Å². The zero-order chi connectivity index (χ0) is 19.9. The number of carbonyl (C=O) groups excluding carboxylic acids is 2. The van der Waals surface area contributed by atoms with Crippen LogP contribution in [0.4, 0.5) is 10.2 Å². The van der Waals surface area contributed by atoms with Crippen molar-refractivity contribution in [3.05, 3.63) is 77.3 Å². The van der Waals surface area contributed by atoms with Crippen molar-refractivity contribution < 1.29 is 23.2 Å². The summed E-state index contributed by atoms with van der Waals surface area (Å²) in [7, 11) is 0. The van der Waals surface area contributed by atoms with Gasteiger partial charge in [-0.2, -0.15) is 0 Å². The minimum atomic E-state index is -0.636. The summed E-state index contributed by atoms with van der Waals surface area (Å²) in [6, 6.07) is 14.8. The number of halogens is 1. The first-order valence-electron chi connectivity index (χ1n) is 8.38. The van der Waals surface area contributed by atoms with Gasteiger partial charge in [0.15, 0.2) is 12.4 Å². The monoisotopic (exact) mass is 400 g/mol. The van der Waals surface area contributed by atoms with Gasteiger partial charge in [0.05, 0.1) is 5.56 Å². The average Bonchev–Trinajstić information content (AvgIpc) is 3.10. The number of thioether (sulfide) groups is 1. The van der Waals surface area contributed by atoms with Crippen molar-refractivity contribution in [2.75, 3.05) is 11.9 Å². The fraction of sp³-hybridized carbons (Fsp3) is 0.150. The minimum Gasteiger partial charge on any atom is -0.452 e. The van der Waals surface area contributed by atoms with Crippen LogP contribution in [0.5, 0.6) is 0 Å².